The van der Waals surface area contributed by atoms with Crippen LogP contribution in [0.1, 0.15) is 49.3 Å². The molecule has 33 heavy (non-hydrogen) atoms. The zero-order valence-corrected chi connectivity index (χ0v) is 22.0. The molecule has 178 valence electrons. The summed E-state index contributed by atoms with van der Waals surface area (Å²) in [7, 11) is 0. The summed E-state index contributed by atoms with van der Waals surface area (Å²) in [6, 6.07) is 17.3. The molecule has 0 aromatic heterocycles. The van der Waals surface area contributed by atoms with Gasteiger partial charge in [-0.05, 0) is 42.5 Å². The Bertz CT molecular complexity index is 963. The molecule has 0 saturated carbocycles. The van der Waals surface area contributed by atoms with Gasteiger partial charge in [0.2, 0.25) is 5.91 Å². The van der Waals surface area contributed by atoms with Crippen molar-refractivity contribution in [1.29, 1.82) is 0 Å². The minimum atomic E-state index is 0. The Labute approximate surface area is 214 Å². The Morgan fingerprint density at radius 1 is 1.12 bits per heavy atom. The van der Waals surface area contributed by atoms with Gasteiger partial charge in [-0.2, -0.15) is 0 Å². The number of carbonyl (C=O) groups excluding carboxylic acids is 1. The lowest BCUT2D eigenvalue weighted by Gasteiger charge is -2.34. The lowest BCUT2D eigenvalue weighted by Crippen LogP contribution is -2.43. The standard InChI is InChI=1S/C26H35N5O.HI/c1-3-22(31-14-13-19-9-5-6-10-20(19)18-31)17-29-26(27-4-2)28-16-21-15-25(32)30-24-12-8-7-11-23(21)24;/h5-12,21-22H,3-4,13-18H2,1-2H3,(H,30,32)(H2,27,28,29);1H. The Morgan fingerprint density at radius 3 is 2.67 bits per heavy atom. The first-order chi connectivity index (χ1) is 15.7. The van der Waals surface area contributed by atoms with Gasteiger partial charge in [0.25, 0.3) is 0 Å². The van der Waals surface area contributed by atoms with Crippen LogP contribution in [0.15, 0.2) is 53.5 Å². The van der Waals surface area contributed by atoms with E-state index in [9.17, 15) is 4.79 Å². The molecule has 0 bridgehead atoms. The first kappa shape index (κ1) is 25.5. The van der Waals surface area contributed by atoms with Crippen LogP contribution in [0.5, 0.6) is 0 Å². The highest BCUT2D eigenvalue weighted by Gasteiger charge is 2.25. The lowest BCUT2D eigenvalue weighted by molar-refractivity contribution is -0.116. The number of aliphatic imine (C=N–C) groups is 1. The SMILES string of the molecule is CCNC(=NCC(CC)N1CCc2ccccc2C1)NCC1CC(=O)Nc2ccccc21.I. The summed E-state index contributed by atoms with van der Waals surface area (Å²) in [4.78, 5) is 19.6. The average molecular weight is 562 g/mol. The van der Waals surface area contributed by atoms with Crippen molar-refractivity contribution in [3.8, 4) is 0 Å². The summed E-state index contributed by atoms with van der Waals surface area (Å²) < 4.78 is 0. The molecule has 0 spiro atoms. The number of nitrogens with one attached hydrogen (secondary N) is 3. The predicted octanol–water partition coefficient (Wildman–Crippen LogP) is 4.12. The molecule has 2 aliphatic heterocycles. The maximum atomic E-state index is 12.1. The van der Waals surface area contributed by atoms with Gasteiger partial charge in [0.05, 0.1) is 6.54 Å². The van der Waals surface area contributed by atoms with E-state index in [0.717, 1.165) is 50.7 Å². The van der Waals surface area contributed by atoms with Gasteiger partial charge < -0.3 is 16.0 Å². The molecule has 4 rings (SSSR count). The molecule has 0 saturated heterocycles. The molecular weight excluding hydrogens is 525 g/mol. The van der Waals surface area contributed by atoms with Crippen molar-refractivity contribution >= 4 is 41.5 Å². The summed E-state index contributed by atoms with van der Waals surface area (Å²) in [5.41, 5.74) is 5.04. The molecule has 2 heterocycles. The van der Waals surface area contributed by atoms with Crippen LogP contribution in [0.3, 0.4) is 0 Å². The molecule has 0 radical (unpaired) electrons. The third-order valence-corrected chi connectivity index (χ3v) is 6.57. The molecule has 7 heteroatoms. The largest absolute Gasteiger partial charge is 0.357 e. The van der Waals surface area contributed by atoms with Gasteiger partial charge in [-0.15, -0.1) is 24.0 Å². The monoisotopic (exact) mass is 561 g/mol. The molecule has 2 atom stereocenters. The fraction of sp³-hybridized carbons (Fsp3) is 0.462. The number of para-hydroxylation sites is 1. The number of hydrogen-bond donors (Lipinski definition) is 3. The van der Waals surface area contributed by atoms with Crippen molar-refractivity contribution in [2.24, 2.45) is 4.99 Å². The second kappa shape index (κ2) is 12.4. The van der Waals surface area contributed by atoms with E-state index < -0.39 is 0 Å². The number of benzene rings is 2. The van der Waals surface area contributed by atoms with Gasteiger partial charge in [0, 0.05) is 50.2 Å². The lowest BCUT2D eigenvalue weighted by atomic mass is 9.90. The Morgan fingerprint density at radius 2 is 1.88 bits per heavy atom. The number of rotatable bonds is 7. The van der Waals surface area contributed by atoms with E-state index in [-0.39, 0.29) is 35.8 Å². The van der Waals surface area contributed by atoms with Crippen LogP contribution in [-0.2, 0) is 17.8 Å². The van der Waals surface area contributed by atoms with Crippen LogP contribution in [0.25, 0.3) is 0 Å². The van der Waals surface area contributed by atoms with E-state index in [0.29, 0.717) is 19.0 Å². The first-order valence-corrected chi connectivity index (χ1v) is 11.9. The highest BCUT2D eigenvalue weighted by molar-refractivity contribution is 14.0. The Hall–Kier alpha value is -2.13. The molecule has 2 unspecified atom stereocenters. The van der Waals surface area contributed by atoms with Crippen molar-refractivity contribution in [2.45, 2.75) is 51.6 Å². The number of carbonyl (C=O) groups is 1. The second-order valence-electron chi connectivity index (χ2n) is 8.69. The highest BCUT2D eigenvalue weighted by Crippen LogP contribution is 2.31. The number of nitrogens with zero attached hydrogens (tertiary/aromatic N) is 2. The van der Waals surface area contributed by atoms with Crippen LogP contribution in [0.2, 0.25) is 0 Å². The smallest absolute Gasteiger partial charge is 0.225 e. The number of hydrogen-bond acceptors (Lipinski definition) is 3. The molecule has 3 N–H and O–H groups in total. The van der Waals surface area contributed by atoms with E-state index in [2.05, 4.69) is 65.0 Å². The minimum absolute atomic E-state index is 0. The molecular formula is C26H36IN5O. The van der Waals surface area contributed by atoms with Gasteiger partial charge in [-0.3, -0.25) is 14.7 Å². The second-order valence-corrected chi connectivity index (χ2v) is 8.69. The van der Waals surface area contributed by atoms with Gasteiger partial charge in [-0.1, -0.05) is 49.4 Å². The zero-order valence-electron chi connectivity index (χ0n) is 19.6. The molecule has 2 aliphatic rings. The molecule has 0 aliphatic carbocycles. The van der Waals surface area contributed by atoms with Crippen molar-refractivity contribution in [3.05, 3.63) is 65.2 Å². The number of amides is 1. The molecule has 2 aromatic rings. The summed E-state index contributed by atoms with van der Waals surface area (Å²) in [5, 5.41) is 9.84. The Kier molecular flexibility index (Phi) is 9.55. The van der Waals surface area contributed by atoms with Gasteiger partial charge in [0.1, 0.15) is 0 Å². The van der Waals surface area contributed by atoms with Crippen LogP contribution in [0.4, 0.5) is 5.69 Å². The van der Waals surface area contributed by atoms with Gasteiger partial charge >= 0.3 is 0 Å². The number of anilines is 1. The summed E-state index contributed by atoms with van der Waals surface area (Å²) >= 11 is 0. The first-order valence-electron chi connectivity index (χ1n) is 11.9. The van der Waals surface area contributed by atoms with Crippen molar-refractivity contribution < 1.29 is 4.79 Å². The third kappa shape index (κ3) is 6.47. The predicted molar refractivity (Wildman–Crippen MR) is 146 cm³/mol. The fourth-order valence-corrected chi connectivity index (χ4v) is 4.77. The molecule has 6 nitrogen and oxygen atoms in total. The molecule has 1 amide bonds. The topological polar surface area (TPSA) is 68.8 Å². The zero-order chi connectivity index (χ0) is 22.3. The fourth-order valence-electron chi connectivity index (χ4n) is 4.77. The van der Waals surface area contributed by atoms with Crippen molar-refractivity contribution in [2.75, 3.05) is 31.5 Å². The number of guanidine groups is 1. The van der Waals surface area contributed by atoms with E-state index in [1.807, 2.05) is 18.2 Å². The summed E-state index contributed by atoms with van der Waals surface area (Å²) in [5.74, 6) is 1.05. The highest BCUT2D eigenvalue weighted by atomic mass is 127. The number of halogens is 1. The van der Waals surface area contributed by atoms with Crippen LogP contribution < -0.4 is 16.0 Å². The summed E-state index contributed by atoms with van der Waals surface area (Å²) in [6.07, 6.45) is 2.67. The van der Waals surface area contributed by atoms with Crippen LogP contribution in [0, 0.1) is 0 Å². The van der Waals surface area contributed by atoms with E-state index in [1.165, 1.54) is 16.7 Å². The maximum Gasteiger partial charge on any atom is 0.225 e. The number of fused-ring (bicyclic) bond motifs is 2. The van der Waals surface area contributed by atoms with E-state index in [1.54, 1.807) is 0 Å². The normalized spacial score (nSPS) is 18.9. The minimum Gasteiger partial charge on any atom is -0.357 e. The van der Waals surface area contributed by atoms with Crippen molar-refractivity contribution in [3.63, 3.8) is 0 Å². The van der Waals surface area contributed by atoms with E-state index >= 15 is 0 Å². The van der Waals surface area contributed by atoms with Crippen LogP contribution in [-0.4, -0.2) is 49.0 Å². The van der Waals surface area contributed by atoms with E-state index in [4.69, 9.17) is 4.99 Å². The van der Waals surface area contributed by atoms with Crippen molar-refractivity contribution in [1.82, 2.24) is 15.5 Å². The third-order valence-electron chi connectivity index (χ3n) is 6.57. The van der Waals surface area contributed by atoms with Gasteiger partial charge in [0.15, 0.2) is 5.96 Å². The van der Waals surface area contributed by atoms with Gasteiger partial charge in [-0.25, -0.2) is 0 Å². The quantitative estimate of drug-likeness (QED) is 0.270. The maximum absolute atomic E-state index is 12.1. The summed E-state index contributed by atoms with van der Waals surface area (Å²) in [6.45, 7) is 8.67. The Balaban J connectivity index is 0.00000306. The molecule has 2 aromatic carbocycles. The molecule has 0 fully saturated rings. The van der Waals surface area contributed by atoms with Crippen LogP contribution >= 0.6 is 24.0 Å². The average Bonchev–Trinajstić information content (AvgIpc) is 2.82.